The van der Waals surface area contributed by atoms with Gasteiger partial charge < -0.3 is 0 Å². The van der Waals surface area contributed by atoms with Gasteiger partial charge in [-0.3, -0.25) is 0 Å². The molecule has 35 valence electrons. The van der Waals surface area contributed by atoms with Crippen LogP contribution in [0.1, 0.15) is 0 Å². The first-order chi connectivity index (χ1) is 2.00. The molecule has 0 aromatic rings. The zero-order chi connectivity index (χ0) is 4.50. The minimum atomic E-state index is -5.88. The summed E-state index contributed by atoms with van der Waals surface area (Å²) in [5.41, 5.74) is 0. The van der Waals surface area contributed by atoms with E-state index >= 15 is 0 Å². The van der Waals surface area contributed by atoms with Crippen molar-refractivity contribution >= 4 is 14.5 Å². The maximum atomic E-state index is 8.61. The third-order valence-electron chi connectivity index (χ3n) is 0. The van der Waals surface area contributed by atoms with Crippen molar-refractivity contribution in [3.05, 3.63) is 0 Å². The van der Waals surface area contributed by atoms with Crippen molar-refractivity contribution in [2.75, 3.05) is 0 Å². The van der Waals surface area contributed by atoms with E-state index in [4.69, 9.17) is 16.0 Å². The van der Waals surface area contributed by atoms with Crippen LogP contribution in [0, 0.1) is 0 Å². The molecule has 0 amide bonds. The van der Waals surface area contributed by atoms with Gasteiger partial charge in [0.1, 0.15) is 0 Å². The number of hydrogen-bond donors (Lipinski definition) is 0. The molecule has 3 radical (unpaired) electrons. The minimum Gasteiger partial charge on any atom is 1.00 e. The third kappa shape index (κ3) is 63.2. The fourth-order valence-electron chi connectivity index (χ4n) is 0. The van der Waals surface area contributed by atoms with E-state index in [0.29, 0.717) is 0 Å². The Balaban J connectivity index is -0.0000000267. The fraction of sp³-hybridized carbons (Fsp3) is 0. The Morgan fingerprint density at radius 2 is 0.875 bits per heavy atom. The van der Waals surface area contributed by atoms with Gasteiger partial charge in [-0.1, -0.05) is 0 Å². The van der Waals surface area contributed by atoms with Crippen LogP contribution in [-0.2, 0) is 86.7 Å². The molecular formula is AsHg3O4. The van der Waals surface area contributed by atoms with Crippen LogP contribution in [0.3, 0.4) is 0 Å². The van der Waals surface area contributed by atoms with Gasteiger partial charge in [0, 0.05) is 0 Å². The fourth-order valence-corrected chi connectivity index (χ4v) is 0. The topological polar surface area (TPSA) is 86.2 Å². The molecule has 0 spiro atoms. The molecule has 0 heterocycles. The molecule has 0 atom stereocenters. The molecule has 0 fully saturated rings. The van der Waals surface area contributed by atoms with Gasteiger partial charge in [0.05, 0.1) is 0 Å². The molecule has 0 saturated carbocycles. The van der Waals surface area contributed by atoms with Crippen molar-refractivity contribution in [1.82, 2.24) is 0 Å². The van der Waals surface area contributed by atoms with E-state index < -0.39 is 14.5 Å². The van der Waals surface area contributed by atoms with E-state index in [9.17, 15) is 0 Å². The van der Waals surface area contributed by atoms with E-state index in [0.717, 1.165) is 0 Å². The van der Waals surface area contributed by atoms with Crippen LogP contribution in [0.15, 0.2) is 0 Å². The van der Waals surface area contributed by atoms with E-state index in [2.05, 4.69) is 0 Å². The second kappa shape index (κ2) is 10.0. The SMILES string of the molecule is O=[As]([O-])([O-])[O-].[Hg+].[Hg+].[Hg+]. The first kappa shape index (κ1) is 22.5. The normalized spacial score (nSPS) is 7.38. The Kier molecular flexibility index (Phi) is 28.2. The summed E-state index contributed by atoms with van der Waals surface area (Å²) in [5, 5.41) is 0. The summed E-state index contributed by atoms with van der Waals surface area (Å²) in [4.78, 5) is 0. The molecular weight excluding hydrogens is 741 g/mol. The number of hydrogen-bond acceptors (Lipinski definition) is 4. The molecule has 0 saturated heterocycles. The Morgan fingerprint density at radius 3 is 0.875 bits per heavy atom. The molecule has 0 N–H and O–H groups in total. The van der Waals surface area contributed by atoms with Crippen molar-refractivity contribution in [1.29, 1.82) is 0 Å². The second-order valence-corrected chi connectivity index (χ2v) is 2.32. The van der Waals surface area contributed by atoms with Gasteiger partial charge in [-0.05, 0) is 0 Å². The van der Waals surface area contributed by atoms with Gasteiger partial charge in [-0.2, -0.15) is 0 Å². The average Bonchev–Trinajstić information content (AvgIpc) is 0.722. The predicted molar refractivity (Wildman–Crippen MR) is 6.44 cm³/mol. The smallest absolute Gasteiger partial charge is 1.00 e. The van der Waals surface area contributed by atoms with Gasteiger partial charge in [0.25, 0.3) is 0 Å². The Morgan fingerprint density at radius 1 is 0.875 bits per heavy atom. The van der Waals surface area contributed by atoms with Crippen LogP contribution in [0.2, 0.25) is 0 Å². The summed E-state index contributed by atoms with van der Waals surface area (Å²) in [7, 11) is 0. The zero-order valence-electron chi connectivity index (χ0n) is 4.20. The molecule has 8 heteroatoms. The Hall–Kier alpha value is 3.04. The zero-order valence-corrected chi connectivity index (χ0v) is 22.6. The van der Waals surface area contributed by atoms with Crippen molar-refractivity contribution in [3.63, 3.8) is 0 Å². The van der Waals surface area contributed by atoms with E-state index in [1.165, 1.54) is 0 Å². The molecule has 0 unspecified atom stereocenters. The van der Waals surface area contributed by atoms with Gasteiger partial charge in [-0.15, -0.1) is 0 Å². The van der Waals surface area contributed by atoms with Gasteiger partial charge in [0.2, 0.25) is 0 Å². The Bertz CT molecular complexity index is 57.4. The second-order valence-electron chi connectivity index (χ2n) is 0.447. The summed E-state index contributed by atoms with van der Waals surface area (Å²) < 4.78 is 34.4. The van der Waals surface area contributed by atoms with Gasteiger partial charge >= 0.3 is 114 Å². The number of rotatable bonds is 0. The van der Waals surface area contributed by atoms with E-state index in [1.807, 2.05) is 0 Å². The molecule has 8 heavy (non-hydrogen) atoms. The molecule has 0 rings (SSSR count). The first-order valence-corrected chi connectivity index (χ1v) is 3.79. The maximum Gasteiger partial charge on any atom is 1.00 e. The molecule has 0 aromatic heterocycles. The quantitative estimate of drug-likeness (QED) is 0.237. The molecule has 0 aliphatic rings. The summed E-state index contributed by atoms with van der Waals surface area (Å²) in [6.45, 7) is 0. The van der Waals surface area contributed by atoms with Crippen molar-refractivity contribution in [2.24, 2.45) is 0 Å². The maximum absolute atomic E-state index is 8.61. The van der Waals surface area contributed by atoms with Crippen LogP contribution < -0.4 is 12.3 Å². The summed E-state index contributed by atoms with van der Waals surface area (Å²) in [6, 6.07) is 0. The van der Waals surface area contributed by atoms with Crippen LogP contribution in [0.4, 0.5) is 0 Å². The Labute approximate surface area is 111 Å². The molecule has 0 aliphatic carbocycles. The van der Waals surface area contributed by atoms with E-state index in [1.54, 1.807) is 0 Å². The van der Waals surface area contributed by atoms with Crippen molar-refractivity contribution in [3.8, 4) is 0 Å². The van der Waals surface area contributed by atoms with Crippen molar-refractivity contribution in [2.45, 2.75) is 0 Å². The predicted octanol–water partition coefficient (Wildman–Crippen LogP) is -4.07. The van der Waals surface area contributed by atoms with Gasteiger partial charge in [-0.25, -0.2) is 0 Å². The average molecular weight is 741 g/mol. The third-order valence-corrected chi connectivity index (χ3v) is 0. The first-order valence-electron chi connectivity index (χ1n) is 0.730. The molecule has 0 aliphatic heterocycles. The standard InChI is InChI=1S/AsH3O4.3Hg/c2-1(3,4)5;;;/h(H3,2,3,4,5);;;/q;3*+1/p-3. The van der Waals surface area contributed by atoms with Crippen LogP contribution in [-0.4, -0.2) is 14.5 Å². The minimum absolute atomic E-state index is 0. The molecule has 4 nitrogen and oxygen atoms in total. The van der Waals surface area contributed by atoms with Crippen LogP contribution in [0.25, 0.3) is 0 Å². The van der Waals surface area contributed by atoms with Crippen LogP contribution >= 0.6 is 0 Å². The monoisotopic (exact) mass is 745 g/mol. The van der Waals surface area contributed by atoms with Crippen LogP contribution in [0.5, 0.6) is 0 Å². The molecule has 0 bridgehead atoms. The van der Waals surface area contributed by atoms with E-state index in [-0.39, 0.29) is 83.0 Å². The van der Waals surface area contributed by atoms with Gasteiger partial charge in [0.15, 0.2) is 0 Å². The largest absolute Gasteiger partial charge is 1.00 e. The summed E-state index contributed by atoms with van der Waals surface area (Å²) in [6.07, 6.45) is 0. The molecule has 0 aromatic carbocycles. The van der Waals surface area contributed by atoms with Crippen molar-refractivity contribution < 1.29 is 99.0 Å². The summed E-state index contributed by atoms with van der Waals surface area (Å²) >= 11 is -5.88. The summed E-state index contributed by atoms with van der Waals surface area (Å²) in [5.74, 6) is 0.